The average molecular weight is 363 g/mol. The summed E-state index contributed by atoms with van der Waals surface area (Å²) in [6, 6.07) is 12.4. The Morgan fingerprint density at radius 2 is 2.12 bits per heavy atom. The van der Waals surface area contributed by atoms with Crippen molar-refractivity contribution in [1.82, 2.24) is 9.78 Å². The maximum absolute atomic E-state index is 12.7. The van der Waals surface area contributed by atoms with Crippen LogP contribution >= 0.6 is 11.3 Å². The number of hydrogen-bond acceptors (Lipinski definition) is 5. The van der Waals surface area contributed by atoms with Crippen LogP contribution in [0.4, 0.5) is 0 Å². The molecular formula is C19H13N3O3S. The third-order valence-electron chi connectivity index (χ3n) is 3.65. The van der Waals surface area contributed by atoms with Crippen molar-refractivity contribution < 1.29 is 9.90 Å². The molecule has 0 aliphatic heterocycles. The highest BCUT2D eigenvalue weighted by Crippen LogP contribution is 2.18. The second-order valence-corrected chi connectivity index (χ2v) is 6.44. The lowest BCUT2D eigenvalue weighted by Crippen LogP contribution is -2.28. The lowest BCUT2D eigenvalue weighted by molar-refractivity contribution is 0.0688. The fraction of sp³-hybridized carbons (Fsp3) is 0.0526. The van der Waals surface area contributed by atoms with Gasteiger partial charge in [-0.15, -0.1) is 11.3 Å². The van der Waals surface area contributed by atoms with E-state index in [4.69, 9.17) is 0 Å². The minimum Gasteiger partial charge on any atom is -0.476 e. The maximum atomic E-state index is 12.7. The number of rotatable bonds is 4. The molecule has 6 nitrogen and oxygen atoms in total. The number of aromatic nitrogens is 2. The van der Waals surface area contributed by atoms with Crippen molar-refractivity contribution in [1.29, 1.82) is 5.26 Å². The van der Waals surface area contributed by atoms with Crippen LogP contribution in [0, 0.1) is 18.3 Å². The molecule has 0 bridgehead atoms. The predicted octanol–water partition coefficient (Wildman–Crippen LogP) is 3.34. The van der Waals surface area contributed by atoms with Gasteiger partial charge >= 0.3 is 5.97 Å². The van der Waals surface area contributed by atoms with Gasteiger partial charge in [0.15, 0.2) is 5.69 Å². The van der Waals surface area contributed by atoms with E-state index in [1.54, 1.807) is 24.3 Å². The molecule has 1 N–H and O–H groups in total. The number of thiophene rings is 1. The number of benzene rings is 1. The van der Waals surface area contributed by atoms with Gasteiger partial charge in [0.25, 0.3) is 5.56 Å². The smallest absolute Gasteiger partial charge is 0.357 e. The van der Waals surface area contributed by atoms with E-state index < -0.39 is 11.5 Å². The first kappa shape index (κ1) is 17.3. The zero-order valence-corrected chi connectivity index (χ0v) is 14.5. The van der Waals surface area contributed by atoms with Gasteiger partial charge in [-0.3, -0.25) is 4.79 Å². The average Bonchev–Trinajstić information content (AvgIpc) is 3.13. The van der Waals surface area contributed by atoms with E-state index >= 15 is 0 Å². The highest BCUT2D eigenvalue weighted by molar-refractivity contribution is 7.10. The first-order valence-corrected chi connectivity index (χ1v) is 8.48. The SMILES string of the molecule is Cc1cccc(-n2nc(C(=O)O)c(/C=C/c3cccs3)c(C#N)c2=O)c1. The molecule has 0 atom stereocenters. The standard InChI is InChI=1S/C19H13N3O3S/c1-12-4-2-5-13(10-12)22-18(23)16(11-20)15(17(21-22)19(24)25)8-7-14-6-3-9-26-14/h2-10H,1H3,(H,24,25)/b8-7+. The van der Waals surface area contributed by atoms with Gasteiger partial charge in [0.2, 0.25) is 0 Å². The van der Waals surface area contributed by atoms with Crippen LogP contribution in [0.25, 0.3) is 17.8 Å². The van der Waals surface area contributed by atoms with Crippen LogP contribution in [-0.2, 0) is 0 Å². The molecule has 0 aliphatic rings. The highest BCUT2D eigenvalue weighted by atomic mass is 32.1. The molecule has 0 fully saturated rings. The summed E-state index contributed by atoms with van der Waals surface area (Å²) in [6.07, 6.45) is 3.11. The molecule has 3 aromatic rings. The highest BCUT2D eigenvalue weighted by Gasteiger charge is 2.21. The number of aromatic carboxylic acids is 1. The summed E-state index contributed by atoms with van der Waals surface area (Å²) in [5.74, 6) is -1.31. The van der Waals surface area contributed by atoms with Crippen LogP contribution in [0.1, 0.15) is 32.1 Å². The maximum Gasteiger partial charge on any atom is 0.357 e. The normalized spacial score (nSPS) is 10.8. The Balaban J connectivity index is 2.26. The first-order valence-electron chi connectivity index (χ1n) is 7.60. The monoisotopic (exact) mass is 363 g/mol. The molecule has 128 valence electrons. The van der Waals surface area contributed by atoms with Crippen LogP contribution in [0.15, 0.2) is 46.6 Å². The Kier molecular flexibility index (Phi) is 4.78. The molecule has 0 aliphatic carbocycles. The lowest BCUT2D eigenvalue weighted by Gasteiger charge is -2.10. The lowest BCUT2D eigenvalue weighted by atomic mass is 10.1. The number of carboxylic acid groups (broad SMARTS) is 1. The summed E-state index contributed by atoms with van der Waals surface area (Å²) in [7, 11) is 0. The molecule has 0 amide bonds. The second-order valence-electron chi connectivity index (χ2n) is 5.46. The summed E-state index contributed by atoms with van der Waals surface area (Å²) < 4.78 is 0.956. The molecule has 2 aromatic heterocycles. The Hall–Kier alpha value is -3.50. The van der Waals surface area contributed by atoms with Crippen molar-refractivity contribution in [3.05, 3.63) is 79.4 Å². The molecular weight excluding hydrogens is 350 g/mol. The quantitative estimate of drug-likeness (QED) is 0.767. The molecule has 7 heteroatoms. The number of carboxylic acids is 1. The fourth-order valence-corrected chi connectivity index (χ4v) is 3.07. The number of carbonyl (C=O) groups is 1. The molecule has 0 unspecified atom stereocenters. The molecule has 1 aromatic carbocycles. The van der Waals surface area contributed by atoms with E-state index in [0.29, 0.717) is 5.69 Å². The molecule has 0 radical (unpaired) electrons. The van der Waals surface area contributed by atoms with E-state index in [9.17, 15) is 20.0 Å². The van der Waals surface area contributed by atoms with Crippen molar-refractivity contribution in [3.8, 4) is 11.8 Å². The van der Waals surface area contributed by atoms with Gasteiger partial charge in [0, 0.05) is 10.4 Å². The largest absolute Gasteiger partial charge is 0.476 e. The third-order valence-corrected chi connectivity index (χ3v) is 4.49. The Bertz CT molecular complexity index is 1110. The van der Waals surface area contributed by atoms with E-state index in [1.807, 2.05) is 36.6 Å². The van der Waals surface area contributed by atoms with Crippen LogP contribution < -0.4 is 5.56 Å². The molecule has 0 spiro atoms. The Morgan fingerprint density at radius 1 is 1.31 bits per heavy atom. The predicted molar refractivity (Wildman–Crippen MR) is 99.5 cm³/mol. The van der Waals surface area contributed by atoms with E-state index in [0.717, 1.165) is 15.1 Å². The van der Waals surface area contributed by atoms with Gasteiger partial charge in [0.1, 0.15) is 11.6 Å². The molecule has 26 heavy (non-hydrogen) atoms. The van der Waals surface area contributed by atoms with Gasteiger partial charge in [-0.2, -0.15) is 15.0 Å². The second kappa shape index (κ2) is 7.17. The number of nitrogens with zero attached hydrogens (tertiary/aromatic N) is 3. The number of aryl methyl sites for hydroxylation is 1. The summed E-state index contributed by atoms with van der Waals surface area (Å²) in [6.45, 7) is 1.84. The van der Waals surface area contributed by atoms with Crippen LogP contribution in [-0.4, -0.2) is 20.9 Å². The molecule has 0 saturated heterocycles. The topological polar surface area (TPSA) is 96.0 Å². The van der Waals surface area contributed by atoms with Gasteiger partial charge < -0.3 is 5.11 Å². The molecule has 2 heterocycles. The van der Waals surface area contributed by atoms with Gasteiger partial charge in [0.05, 0.1) is 5.69 Å². The van der Waals surface area contributed by atoms with Crippen LogP contribution in [0.3, 0.4) is 0 Å². The Morgan fingerprint density at radius 3 is 2.73 bits per heavy atom. The third kappa shape index (κ3) is 3.31. The first-order chi connectivity index (χ1) is 12.5. The minimum absolute atomic E-state index is 0.00213. The summed E-state index contributed by atoms with van der Waals surface area (Å²) >= 11 is 1.45. The zero-order chi connectivity index (χ0) is 18.7. The molecule has 0 saturated carbocycles. The van der Waals surface area contributed by atoms with E-state index in [-0.39, 0.29) is 16.8 Å². The summed E-state index contributed by atoms with van der Waals surface area (Å²) in [5.41, 5.74) is 0.0226. The van der Waals surface area contributed by atoms with Crippen molar-refractivity contribution in [2.24, 2.45) is 0 Å². The van der Waals surface area contributed by atoms with Crippen molar-refractivity contribution in [2.45, 2.75) is 6.92 Å². The van der Waals surface area contributed by atoms with Crippen molar-refractivity contribution >= 4 is 29.5 Å². The minimum atomic E-state index is -1.31. The molecule has 3 rings (SSSR count). The Labute approximate surface area is 152 Å². The van der Waals surface area contributed by atoms with Gasteiger partial charge in [-0.25, -0.2) is 4.79 Å². The van der Waals surface area contributed by atoms with Gasteiger partial charge in [-0.1, -0.05) is 18.2 Å². The zero-order valence-electron chi connectivity index (χ0n) is 13.7. The van der Waals surface area contributed by atoms with Crippen molar-refractivity contribution in [2.75, 3.05) is 0 Å². The van der Waals surface area contributed by atoms with E-state index in [2.05, 4.69) is 5.10 Å². The fourth-order valence-electron chi connectivity index (χ4n) is 2.45. The number of hydrogen-bond donors (Lipinski definition) is 1. The van der Waals surface area contributed by atoms with Crippen LogP contribution in [0.2, 0.25) is 0 Å². The van der Waals surface area contributed by atoms with Crippen molar-refractivity contribution in [3.63, 3.8) is 0 Å². The van der Waals surface area contributed by atoms with Crippen LogP contribution in [0.5, 0.6) is 0 Å². The van der Waals surface area contributed by atoms with Gasteiger partial charge in [-0.05, 0) is 48.2 Å². The number of nitriles is 1. The summed E-state index contributed by atoms with van der Waals surface area (Å²) in [4.78, 5) is 25.3. The van der Waals surface area contributed by atoms with E-state index in [1.165, 1.54) is 17.4 Å². The summed E-state index contributed by atoms with van der Waals surface area (Å²) in [5, 5.41) is 24.9.